The predicted molar refractivity (Wildman–Crippen MR) is 211 cm³/mol. The second-order valence-electron chi connectivity index (χ2n) is 15.3. The molecule has 0 N–H and O–H groups in total. The molecule has 0 aliphatic carbocycles. The van der Waals surface area contributed by atoms with Crippen molar-refractivity contribution in [1.82, 2.24) is 24.5 Å². The number of rotatable bonds is 5. The first-order valence-electron chi connectivity index (χ1n) is 17.6. The summed E-state index contributed by atoms with van der Waals surface area (Å²) in [5, 5.41) is 2.44. The number of hydrogen-bond acceptors (Lipinski definition) is 4. The summed E-state index contributed by atoms with van der Waals surface area (Å²) in [6.45, 7) is 13.6. The van der Waals surface area contributed by atoms with Crippen LogP contribution in [0.25, 0.3) is 72.8 Å². The first-order chi connectivity index (χ1) is 24.5. The van der Waals surface area contributed by atoms with Gasteiger partial charge in [0.15, 0.2) is 17.5 Å². The number of hydrogen-bond donors (Lipinski definition) is 0. The topological polar surface area (TPSA) is 56.5 Å². The Morgan fingerprint density at radius 3 is 1.41 bits per heavy atom. The van der Waals surface area contributed by atoms with Gasteiger partial charge >= 0.3 is 0 Å². The molecule has 250 valence electrons. The lowest BCUT2D eigenvalue weighted by molar-refractivity contribution is 0.591. The molecule has 0 atom stereocenters. The van der Waals surface area contributed by atoms with Crippen LogP contribution >= 0.6 is 0 Å². The number of aromatic nitrogens is 5. The molecule has 8 rings (SSSR count). The standard InChI is InChI=1S/C46H41N5/c1-45(2,3)34-20-23-37-38-24-21-35(46(4,5)6)28-41(38)51(40(37)27-34)39-26-32(19-22-36(39)33-18-13-25-47-29-33)44-49-42(30-14-9-7-10-15-30)48-43(50-44)31-16-11-8-12-17-31/h7-29H,1-6H3. The third kappa shape index (κ3) is 6.10. The van der Waals surface area contributed by atoms with Crippen molar-refractivity contribution < 1.29 is 0 Å². The fourth-order valence-corrected chi connectivity index (χ4v) is 6.77. The largest absolute Gasteiger partial charge is 0.309 e. The molecular weight excluding hydrogens is 623 g/mol. The SMILES string of the molecule is CC(C)(C)c1ccc2c3ccc(C(C)(C)C)cc3n(-c3cc(-c4nc(-c5ccccc5)nc(-c5ccccc5)n4)ccc3-c3cccnc3)c2c1. The zero-order valence-electron chi connectivity index (χ0n) is 30.0. The smallest absolute Gasteiger partial charge is 0.164 e. The Labute approximate surface area is 299 Å². The molecule has 5 heteroatoms. The molecule has 8 aromatic rings. The van der Waals surface area contributed by atoms with Gasteiger partial charge in [-0.2, -0.15) is 0 Å². The van der Waals surface area contributed by atoms with E-state index in [4.69, 9.17) is 15.0 Å². The van der Waals surface area contributed by atoms with E-state index < -0.39 is 0 Å². The van der Waals surface area contributed by atoms with E-state index in [0.29, 0.717) is 17.5 Å². The Bertz CT molecular complexity index is 2390. The summed E-state index contributed by atoms with van der Waals surface area (Å²) in [4.78, 5) is 19.7. The van der Waals surface area contributed by atoms with E-state index in [-0.39, 0.29) is 10.8 Å². The molecule has 5 aromatic carbocycles. The minimum Gasteiger partial charge on any atom is -0.309 e. The second-order valence-corrected chi connectivity index (χ2v) is 15.3. The van der Waals surface area contributed by atoms with Crippen molar-refractivity contribution in [3.05, 3.63) is 151 Å². The van der Waals surface area contributed by atoms with Crippen LogP contribution in [0.2, 0.25) is 0 Å². The lowest BCUT2D eigenvalue weighted by Crippen LogP contribution is -2.11. The van der Waals surface area contributed by atoms with Crippen LogP contribution in [0.15, 0.2) is 140 Å². The van der Waals surface area contributed by atoms with Crippen LogP contribution in [0.4, 0.5) is 0 Å². The molecule has 0 saturated carbocycles. The van der Waals surface area contributed by atoms with Gasteiger partial charge in [-0.25, -0.2) is 15.0 Å². The van der Waals surface area contributed by atoms with Crippen LogP contribution in [0.1, 0.15) is 52.7 Å². The Morgan fingerprint density at radius 1 is 0.451 bits per heavy atom. The van der Waals surface area contributed by atoms with Crippen molar-refractivity contribution in [3.8, 4) is 51.0 Å². The molecule has 0 aliphatic rings. The van der Waals surface area contributed by atoms with Crippen LogP contribution in [-0.4, -0.2) is 24.5 Å². The van der Waals surface area contributed by atoms with Gasteiger partial charge in [-0.3, -0.25) is 4.98 Å². The highest BCUT2D eigenvalue weighted by Gasteiger charge is 2.23. The van der Waals surface area contributed by atoms with Gasteiger partial charge in [0.25, 0.3) is 0 Å². The Kier molecular flexibility index (Phi) is 7.87. The molecule has 0 fully saturated rings. The maximum atomic E-state index is 5.10. The summed E-state index contributed by atoms with van der Waals surface area (Å²) in [5.74, 6) is 1.89. The van der Waals surface area contributed by atoms with E-state index >= 15 is 0 Å². The molecule has 5 nitrogen and oxygen atoms in total. The molecule has 0 spiro atoms. The molecule has 3 heterocycles. The Morgan fingerprint density at radius 2 is 0.941 bits per heavy atom. The van der Waals surface area contributed by atoms with Gasteiger partial charge in [0.1, 0.15) is 0 Å². The highest BCUT2D eigenvalue weighted by Crippen LogP contribution is 2.41. The van der Waals surface area contributed by atoms with Crippen LogP contribution in [-0.2, 0) is 10.8 Å². The highest BCUT2D eigenvalue weighted by molar-refractivity contribution is 6.10. The maximum Gasteiger partial charge on any atom is 0.164 e. The third-order valence-electron chi connectivity index (χ3n) is 9.67. The first-order valence-corrected chi connectivity index (χ1v) is 17.6. The fraction of sp³-hybridized carbons (Fsp3) is 0.174. The molecular formula is C46H41N5. The summed E-state index contributed by atoms with van der Waals surface area (Å²) in [6, 6.07) is 44.8. The number of nitrogens with zero attached hydrogens (tertiary/aromatic N) is 5. The third-order valence-corrected chi connectivity index (χ3v) is 9.67. The van der Waals surface area contributed by atoms with Crippen LogP contribution < -0.4 is 0 Å². The molecule has 0 saturated heterocycles. The minimum atomic E-state index is -0.0212. The Balaban J connectivity index is 1.46. The fourth-order valence-electron chi connectivity index (χ4n) is 6.77. The quantitative estimate of drug-likeness (QED) is 0.184. The van der Waals surface area contributed by atoms with E-state index in [2.05, 4.69) is 112 Å². The van der Waals surface area contributed by atoms with Gasteiger partial charge in [0.05, 0.1) is 16.7 Å². The molecule has 3 aromatic heterocycles. The van der Waals surface area contributed by atoms with E-state index in [0.717, 1.165) is 44.5 Å². The average Bonchev–Trinajstić information content (AvgIpc) is 3.48. The first kappa shape index (κ1) is 32.3. The number of fused-ring (bicyclic) bond motifs is 3. The van der Waals surface area contributed by atoms with E-state index in [1.54, 1.807) is 0 Å². The van der Waals surface area contributed by atoms with E-state index in [9.17, 15) is 0 Å². The van der Waals surface area contributed by atoms with E-state index in [1.165, 1.54) is 21.9 Å². The molecule has 51 heavy (non-hydrogen) atoms. The van der Waals surface area contributed by atoms with Crippen LogP contribution in [0.5, 0.6) is 0 Å². The van der Waals surface area contributed by atoms with Crippen molar-refractivity contribution in [1.29, 1.82) is 0 Å². The van der Waals surface area contributed by atoms with Gasteiger partial charge in [-0.1, -0.05) is 145 Å². The van der Waals surface area contributed by atoms with Crippen molar-refractivity contribution in [2.24, 2.45) is 0 Å². The summed E-state index contributed by atoms with van der Waals surface area (Å²) in [7, 11) is 0. The molecule has 0 bridgehead atoms. The maximum absolute atomic E-state index is 5.10. The van der Waals surface area contributed by atoms with Gasteiger partial charge in [0.2, 0.25) is 0 Å². The van der Waals surface area contributed by atoms with Gasteiger partial charge in [0, 0.05) is 51.0 Å². The van der Waals surface area contributed by atoms with Crippen molar-refractivity contribution >= 4 is 21.8 Å². The number of pyridine rings is 1. The lowest BCUT2D eigenvalue weighted by Gasteiger charge is -2.21. The van der Waals surface area contributed by atoms with Gasteiger partial charge in [-0.15, -0.1) is 0 Å². The lowest BCUT2D eigenvalue weighted by atomic mass is 9.86. The highest BCUT2D eigenvalue weighted by atomic mass is 15.0. The molecule has 0 aliphatic heterocycles. The molecule has 0 unspecified atom stereocenters. The molecule has 0 radical (unpaired) electrons. The minimum absolute atomic E-state index is 0.0212. The monoisotopic (exact) mass is 663 g/mol. The normalized spacial score (nSPS) is 12.1. The zero-order valence-corrected chi connectivity index (χ0v) is 30.0. The summed E-state index contributed by atoms with van der Waals surface area (Å²) < 4.78 is 2.44. The van der Waals surface area contributed by atoms with Crippen LogP contribution in [0, 0.1) is 0 Å². The average molecular weight is 664 g/mol. The van der Waals surface area contributed by atoms with E-state index in [1.807, 2.05) is 79.1 Å². The summed E-state index contributed by atoms with van der Waals surface area (Å²) in [5.41, 5.74) is 10.8. The Hall–Kier alpha value is -5.94. The van der Waals surface area contributed by atoms with Gasteiger partial charge in [-0.05, 0) is 46.2 Å². The predicted octanol–water partition coefficient (Wildman–Crippen LogP) is 11.6. The van der Waals surface area contributed by atoms with Crippen LogP contribution in [0.3, 0.4) is 0 Å². The van der Waals surface area contributed by atoms with Crippen molar-refractivity contribution in [2.75, 3.05) is 0 Å². The van der Waals surface area contributed by atoms with Crippen molar-refractivity contribution in [3.63, 3.8) is 0 Å². The summed E-state index contributed by atoms with van der Waals surface area (Å²) >= 11 is 0. The second kappa shape index (κ2) is 12.4. The zero-order chi connectivity index (χ0) is 35.3. The van der Waals surface area contributed by atoms with Crippen molar-refractivity contribution in [2.45, 2.75) is 52.4 Å². The summed E-state index contributed by atoms with van der Waals surface area (Å²) in [6.07, 6.45) is 3.77. The molecule has 0 amide bonds. The van der Waals surface area contributed by atoms with Gasteiger partial charge < -0.3 is 4.57 Å². The number of benzene rings is 5.